The number of nitro benzene ring substituents is 1. The normalized spacial score (nSPS) is 13.9. The average molecular weight is 542 g/mol. The quantitative estimate of drug-likeness (QED) is 0.268. The zero-order chi connectivity index (χ0) is 27.1. The Labute approximate surface area is 216 Å². The number of nitrogens with one attached hydrogen (secondary N) is 1. The molecule has 0 unspecified atom stereocenters. The molecule has 37 heavy (non-hydrogen) atoms. The molecular weight excluding hydrogens is 514 g/mol. The lowest BCUT2D eigenvalue weighted by Gasteiger charge is -2.20. The van der Waals surface area contributed by atoms with Crippen LogP contribution in [-0.2, 0) is 20.0 Å². The fraction of sp³-hybridized carbons (Fsp3) is 0.231. The fourth-order valence-electron chi connectivity index (χ4n) is 4.60. The Morgan fingerprint density at radius 2 is 1.43 bits per heavy atom. The lowest BCUT2D eigenvalue weighted by Crippen LogP contribution is -2.30. The SMILES string of the molecule is CCN(CC)S(=O)(=O)c1ccc(C)c2cccc([N+](=O)[O-])c12.Cc1ccc2c3c(cccc13)NS2(=O)=O. The molecule has 0 fully saturated rings. The van der Waals surface area contributed by atoms with Gasteiger partial charge >= 0.3 is 0 Å². The first-order valence-electron chi connectivity index (χ1n) is 11.7. The minimum absolute atomic E-state index is 0.0101. The van der Waals surface area contributed by atoms with Crippen molar-refractivity contribution in [1.82, 2.24) is 4.31 Å². The number of fused-ring (bicyclic) bond motifs is 1. The summed E-state index contributed by atoms with van der Waals surface area (Å²) in [5.41, 5.74) is 2.39. The summed E-state index contributed by atoms with van der Waals surface area (Å²) in [6.45, 7) is 7.90. The van der Waals surface area contributed by atoms with E-state index in [2.05, 4.69) is 4.72 Å². The molecule has 0 amide bonds. The van der Waals surface area contributed by atoms with E-state index in [1.165, 1.54) is 16.4 Å². The topological polar surface area (TPSA) is 127 Å². The van der Waals surface area contributed by atoms with Crippen LogP contribution < -0.4 is 4.72 Å². The van der Waals surface area contributed by atoms with Gasteiger partial charge in [-0.05, 0) is 53.9 Å². The van der Waals surface area contributed by atoms with E-state index in [1.807, 2.05) is 25.1 Å². The second-order valence-corrected chi connectivity index (χ2v) is 12.2. The van der Waals surface area contributed by atoms with Gasteiger partial charge in [-0.25, -0.2) is 16.8 Å². The Kier molecular flexibility index (Phi) is 6.97. The molecule has 194 valence electrons. The molecule has 0 spiro atoms. The number of aryl methyl sites for hydroxylation is 2. The van der Waals surface area contributed by atoms with Gasteiger partial charge in [-0.2, -0.15) is 4.31 Å². The van der Waals surface area contributed by atoms with Gasteiger partial charge in [0.05, 0.1) is 25.8 Å². The summed E-state index contributed by atoms with van der Waals surface area (Å²) in [4.78, 5) is 11.2. The van der Waals surface area contributed by atoms with Crippen molar-refractivity contribution in [1.29, 1.82) is 0 Å². The van der Waals surface area contributed by atoms with Crippen LogP contribution in [0.5, 0.6) is 0 Å². The van der Waals surface area contributed by atoms with Crippen molar-refractivity contribution in [3.05, 3.63) is 81.9 Å². The van der Waals surface area contributed by atoms with Crippen molar-refractivity contribution in [3.63, 3.8) is 0 Å². The molecule has 0 radical (unpaired) electrons. The number of hydrogen-bond donors (Lipinski definition) is 1. The summed E-state index contributed by atoms with van der Waals surface area (Å²) in [6.07, 6.45) is 0. The van der Waals surface area contributed by atoms with Gasteiger partial charge in [0.25, 0.3) is 15.7 Å². The van der Waals surface area contributed by atoms with Crippen molar-refractivity contribution in [2.75, 3.05) is 17.8 Å². The van der Waals surface area contributed by atoms with Crippen LogP contribution in [0.4, 0.5) is 11.4 Å². The summed E-state index contributed by atoms with van der Waals surface area (Å²) in [5.74, 6) is 0. The monoisotopic (exact) mass is 541 g/mol. The molecule has 1 aliphatic heterocycles. The summed E-state index contributed by atoms with van der Waals surface area (Å²) >= 11 is 0. The highest BCUT2D eigenvalue weighted by Gasteiger charge is 2.29. The maximum Gasteiger partial charge on any atom is 0.278 e. The predicted octanol–water partition coefficient (Wildman–Crippen LogP) is 5.35. The first-order valence-corrected chi connectivity index (χ1v) is 14.6. The summed E-state index contributed by atoms with van der Waals surface area (Å²) in [7, 11) is -7.10. The fourth-order valence-corrected chi connectivity index (χ4v) is 7.58. The Hall–Kier alpha value is -3.54. The molecule has 0 aliphatic carbocycles. The zero-order valence-electron chi connectivity index (χ0n) is 20.8. The van der Waals surface area contributed by atoms with Crippen LogP contribution >= 0.6 is 0 Å². The van der Waals surface area contributed by atoms with Crippen LogP contribution in [0.2, 0.25) is 0 Å². The molecule has 4 aromatic carbocycles. The van der Waals surface area contributed by atoms with Gasteiger partial charge in [0.2, 0.25) is 10.0 Å². The summed E-state index contributed by atoms with van der Waals surface area (Å²) < 4.78 is 52.9. The first kappa shape index (κ1) is 26.5. The highest BCUT2D eigenvalue weighted by atomic mass is 32.2. The van der Waals surface area contributed by atoms with Crippen LogP contribution in [0.3, 0.4) is 0 Å². The summed E-state index contributed by atoms with van der Waals surface area (Å²) in [5, 5.41) is 13.9. The lowest BCUT2D eigenvalue weighted by molar-refractivity contribution is -0.383. The van der Waals surface area contributed by atoms with Crippen molar-refractivity contribution >= 4 is 53.0 Å². The number of rotatable bonds is 5. The van der Waals surface area contributed by atoms with Gasteiger partial charge in [0.1, 0.15) is 0 Å². The number of sulfonamides is 2. The molecule has 11 heteroatoms. The molecule has 0 saturated carbocycles. The second-order valence-electron chi connectivity index (χ2n) is 8.64. The lowest BCUT2D eigenvalue weighted by atomic mass is 10.0. The average Bonchev–Trinajstić information content (AvgIpc) is 3.12. The molecule has 1 N–H and O–H groups in total. The molecule has 0 atom stereocenters. The highest BCUT2D eigenvalue weighted by molar-refractivity contribution is 7.93. The van der Waals surface area contributed by atoms with Crippen molar-refractivity contribution in [3.8, 4) is 0 Å². The Bertz CT molecular complexity index is 1760. The zero-order valence-corrected chi connectivity index (χ0v) is 22.5. The Morgan fingerprint density at radius 1 is 0.865 bits per heavy atom. The molecule has 1 aliphatic rings. The van der Waals surface area contributed by atoms with Crippen LogP contribution in [0, 0.1) is 24.0 Å². The van der Waals surface area contributed by atoms with Crippen molar-refractivity contribution < 1.29 is 21.8 Å². The van der Waals surface area contributed by atoms with Gasteiger partial charge in [-0.3, -0.25) is 14.8 Å². The van der Waals surface area contributed by atoms with Crippen LogP contribution in [0.25, 0.3) is 21.5 Å². The second kappa shape index (κ2) is 9.73. The Balaban J connectivity index is 0.000000184. The standard InChI is InChI=1S/C15H18N2O4S.C11H9NO2S/c1-4-16(5-2)22(20,21)14-10-9-11(3)12-7-6-8-13(15(12)14)17(18)19;1-7-5-6-10-11-8(7)3-2-4-9(11)12-15(10,13)14/h6-10H,4-5H2,1-3H3;2-6,12H,1H3. The van der Waals surface area contributed by atoms with Crippen molar-refractivity contribution in [2.24, 2.45) is 0 Å². The Morgan fingerprint density at radius 3 is 2.03 bits per heavy atom. The largest absolute Gasteiger partial charge is 0.279 e. The van der Waals surface area contributed by atoms with Crippen molar-refractivity contribution in [2.45, 2.75) is 37.5 Å². The van der Waals surface area contributed by atoms with E-state index in [-0.39, 0.29) is 16.0 Å². The number of anilines is 1. The molecule has 0 aromatic heterocycles. The van der Waals surface area contributed by atoms with E-state index >= 15 is 0 Å². The van der Waals surface area contributed by atoms with Gasteiger partial charge < -0.3 is 0 Å². The maximum absolute atomic E-state index is 12.8. The van der Waals surface area contributed by atoms with E-state index in [0.29, 0.717) is 29.1 Å². The molecule has 5 rings (SSSR count). The third kappa shape index (κ3) is 4.54. The summed E-state index contributed by atoms with van der Waals surface area (Å²) in [6, 6.07) is 16.9. The van der Waals surface area contributed by atoms with Crippen LogP contribution in [-0.4, -0.2) is 39.2 Å². The van der Waals surface area contributed by atoms with Crippen LogP contribution in [0.1, 0.15) is 25.0 Å². The van der Waals surface area contributed by atoms with E-state index in [1.54, 1.807) is 51.1 Å². The molecule has 1 heterocycles. The van der Waals surface area contributed by atoms with Gasteiger partial charge in [-0.1, -0.05) is 50.2 Å². The van der Waals surface area contributed by atoms with E-state index in [0.717, 1.165) is 21.9 Å². The minimum Gasteiger partial charge on any atom is -0.279 e. The number of hydrogen-bond acceptors (Lipinski definition) is 6. The third-order valence-corrected chi connectivity index (χ3v) is 9.97. The third-order valence-electron chi connectivity index (χ3n) is 6.47. The van der Waals surface area contributed by atoms with E-state index < -0.39 is 25.0 Å². The minimum atomic E-state index is -3.77. The number of nitrogens with zero attached hydrogens (tertiary/aromatic N) is 2. The van der Waals surface area contributed by atoms with E-state index in [9.17, 15) is 26.9 Å². The molecule has 4 aromatic rings. The maximum atomic E-state index is 12.8. The number of benzene rings is 4. The van der Waals surface area contributed by atoms with Crippen LogP contribution in [0.15, 0.2) is 70.5 Å². The molecule has 0 bridgehead atoms. The predicted molar refractivity (Wildman–Crippen MR) is 145 cm³/mol. The van der Waals surface area contributed by atoms with Gasteiger partial charge in [0.15, 0.2) is 0 Å². The smallest absolute Gasteiger partial charge is 0.278 e. The van der Waals surface area contributed by atoms with Gasteiger partial charge in [-0.15, -0.1) is 0 Å². The highest BCUT2D eigenvalue weighted by Crippen LogP contribution is 2.38. The molecule has 9 nitrogen and oxygen atoms in total. The van der Waals surface area contributed by atoms with E-state index in [4.69, 9.17) is 0 Å². The number of nitro groups is 1. The number of non-ortho nitro benzene ring substituents is 1. The van der Waals surface area contributed by atoms with Gasteiger partial charge in [0, 0.05) is 24.5 Å². The first-order chi connectivity index (χ1) is 17.4. The molecule has 0 saturated heterocycles. The molecular formula is C26H27N3O6S2.